The fourth-order valence-electron chi connectivity index (χ4n) is 13.2. The molecule has 1 aliphatic rings. The quantitative estimate of drug-likeness (QED) is 0.141. The summed E-state index contributed by atoms with van der Waals surface area (Å²) in [5, 5.41) is 7.03. The van der Waals surface area contributed by atoms with Gasteiger partial charge in [0.25, 0.3) is 0 Å². The summed E-state index contributed by atoms with van der Waals surface area (Å²) in [5.41, 5.74) is 19.9. The van der Waals surface area contributed by atoms with E-state index in [0.717, 1.165) is 56.1 Å². The highest BCUT2D eigenvalue weighted by Gasteiger charge is 2.50. The van der Waals surface area contributed by atoms with Crippen LogP contribution in [0.2, 0.25) is 0 Å². The Morgan fingerprint density at radius 1 is 0.317 bits per heavy atom. The molecule has 0 saturated carbocycles. The van der Waals surface area contributed by atoms with Crippen LogP contribution >= 0.6 is 0 Å². The molecule has 0 aliphatic heterocycles. The predicted octanol–water partition coefficient (Wildman–Crippen LogP) is 22.4. The van der Waals surface area contributed by atoms with Crippen molar-refractivity contribution in [3.63, 3.8) is 0 Å². The fraction of sp³-hybridized carbons (Fsp3) is 0.215. The van der Waals surface area contributed by atoms with E-state index in [2.05, 4.69) is 323 Å². The van der Waals surface area contributed by atoms with E-state index in [4.69, 9.17) is 4.42 Å². The fourth-order valence-corrected chi connectivity index (χ4v) is 13.2. The number of furan rings is 1. The zero-order chi connectivity index (χ0) is 57.1. The highest BCUT2D eigenvalue weighted by atomic mass is 16.3. The maximum absolute atomic E-state index is 7.41. The summed E-state index contributed by atoms with van der Waals surface area (Å²) >= 11 is 0. The summed E-state index contributed by atoms with van der Waals surface area (Å²) in [5.74, 6) is 0. The van der Waals surface area contributed by atoms with Gasteiger partial charge in [0.05, 0.1) is 11.1 Å². The van der Waals surface area contributed by atoms with E-state index < -0.39 is 5.41 Å². The molecule has 0 N–H and O–H groups in total. The van der Waals surface area contributed by atoms with E-state index in [1.54, 1.807) is 0 Å². The second-order valence-corrected chi connectivity index (χ2v) is 27.0. The zero-order valence-corrected chi connectivity index (χ0v) is 49.7. The molecule has 1 aromatic heterocycles. The number of hydrogen-bond donors (Lipinski definition) is 0. The van der Waals surface area contributed by atoms with Crippen molar-refractivity contribution in [2.24, 2.45) is 0 Å². The minimum absolute atomic E-state index is 0.0182. The van der Waals surface area contributed by atoms with Gasteiger partial charge in [0, 0.05) is 39.2 Å². The van der Waals surface area contributed by atoms with Gasteiger partial charge >= 0.3 is 0 Å². The molecule has 12 aromatic rings. The molecule has 1 aliphatic carbocycles. The van der Waals surface area contributed by atoms with E-state index >= 15 is 0 Å². The van der Waals surface area contributed by atoms with Crippen LogP contribution < -0.4 is 9.80 Å². The van der Waals surface area contributed by atoms with Crippen molar-refractivity contribution in [1.29, 1.82) is 0 Å². The Kier molecular flexibility index (Phi) is 12.4. The third-order valence-electron chi connectivity index (χ3n) is 17.5. The van der Waals surface area contributed by atoms with Gasteiger partial charge in [-0.05, 0) is 172 Å². The van der Waals surface area contributed by atoms with Crippen molar-refractivity contribution >= 4 is 77.6 Å². The standard InChI is InChI=1S/C79H74N2O/c1-75(2,3)51-31-39-57(40-32-51)80(58-41-33-52(34-42-58)76(4,5)6)61-47-48-64-66(49-61)62-27-19-20-28-63(62)70-72-67(79(73(64)70,55-23-15-13-16-24-55)56-25-17-14-18-26-56)50-68(74-71(72)65-29-21-22-30-69(65)82-74)81(59-43-35-53(36-44-59)77(7,8)9)60-45-37-54(38-46-60)78(10,11)12/h13-50H,1-12H3. The first kappa shape index (κ1) is 52.7. The lowest BCUT2D eigenvalue weighted by Gasteiger charge is -2.36. The van der Waals surface area contributed by atoms with Gasteiger partial charge < -0.3 is 14.2 Å². The van der Waals surface area contributed by atoms with Gasteiger partial charge in [-0.15, -0.1) is 0 Å². The molecule has 0 fully saturated rings. The second kappa shape index (κ2) is 19.2. The molecule has 406 valence electrons. The van der Waals surface area contributed by atoms with E-state index in [1.165, 1.54) is 77.2 Å². The van der Waals surface area contributed by atoms with Crippen LogP contribution in [0.25, 0.3) is 54.6 Å². The molecule has 0 unspecified atom stereocenters. The van der Waals surface area contributed by atoms with Crippen LogP contribution in [0.3, 0.4) is 0 Å². The van der Waals surface area contributed by atoms with Crippen molar-refractivity contribution in [2.75, 3.05) is 9.80 Å². The topological polar surface area (TPSA) is 19.6 Å². The molecule has 0 bridgehead atoms. The number of rotatable bonds is 8. The molecular formula is C79H74N2O. The van der Waals surface area contributed by atoms with Gasteiger partial charge in [0.2, 0.25) is 0 Å². The van der Waals surface area contributed by atoms with Gasteiger partial charge in [-0.3, -0.25) is 0 Å². The van der Waals surface area contributed by atoms with Crippen molar-refractivity contribution in [3.8, 4) is 11.1 Å². The van der Waals surface area contributed by atoms with Crippen molar-refractivity contribution in [1.82, 2.24) is 0 Å². The first-order chi connectivity index (χ1) is 39.2. The summed E-state index contributed by atoms with van der Waals surface area (Å²) in [6, 6.07) is 87.1. The molecule has 0 amide bonds. The lowest BCUT2D eigenvalue weighted by molar-refractivity contribution is 0.590. The molecule has 82 heavy (non-hydrogen) atoms. The molecule has 11 aromatic carbocycles. The smallest absolute Gasteiger partial charge is 0.160 e. The number of para-hydroxylation sites is 1. The first-order valence-electron chi connectivity index (χ1n) is 29.3. The van der Waals surface area contributed by atoms with E-state index in [1.807, 2.05) is 0 Å². The number of nitrogens with zero attached hydrogens (tertiary/aromatic N) is 2. The Balaban J connectivity index is 1.17. The van der Waals surface area contributed by atoms with Crippen LogP contribution in [0.15, 0.2) is 235 Å². The molecule has 0 atom stereocenters. The molecule has 0 saturated heterocycles. The highest BCUT2D eigenvalue weighted by Crippen LogP contribution is 2.64. The molecule has 0 radical (unpaired) electrons. The van der Waals surface area contributed by atoms with Gasteiger partial charge in [0.1, 0.15) is 5.58 Å². The summed E-state index contributed by atoms with van der Waals surface area (Å²) in [7, 11) is 0. The Morgan fingerprint density at radius 3 is 1.16 bits per heavy atom. The number of benzene rings is 11. The summed E-state index contributed by atoms with van der Waals surface area (Å²) in [4.78, 5) is 4.90. The van der Waals surface area contributed by atoms with Gasteiger partial charge in [-0.25, -0.2) is 0 Å². The highest BCUT2D eigenvalue weighted by molar-refractivity contribution is 6.27. The summed E-state index contributed by atoms with van der Waals surface area (Å²) in [6.45, 7) is 27.4. The maximum atomic E-state index is 7.41. The van der Waals surface area contributed by atoms with Crippen molar-refractivity contribution in [3.05, 3.63) is 275 Å². The molecule has 0 spiro atoms. The van der Waals surface area contributed by atoms with Crippen LogP contribution in [0.4, 0.5) is 34.1 Å². The van der Waals surface area contributed by atoms with Gasteiger partial charge in [0.15, 0.2) is 5.58 Å². The monoisotopic (exact) mass is 1070 g/mol. The maximum Gasteiger partial charge on any atom is 0.160 e. The van der Waals surface area contributed by atoms with Crippen LogP contribution in [-0.2, 0) is 27.1 Å². The lowest BCUT2D eigenvalue weighted by Crippen LogP contribution is -2.29. The molecule has 3 heteroatoms. The van der Waals surface area contributed by atoms with Gasteiger partial charge in [-0.1, -0.05) is 241 Å². The van der Waals surface area contributed by atoms with Crippen LogP contribution in [0, 0.1) is 0 Å². The number of fused-ring (bicyclic) bond motifs is 12. The molecule has 1 heterocycles. The van der Waals surface area contributed by atoms with E-state index in [-0.39, 0.29) is 21.7 Å². The zero-order valence-electron chi connectivity index (χ0n) is 49.7. The summed E-state index contributed by atoms with van der Waals surface area (Å²) in [6.07, 6.45) is 0. The lowest BCUT2D eigenvalue weighted by atomic mass is 9.66. The Morgan fingerprint density at radius 2 is 0.707 bits per heavy atom. The normalized spacial score (nSPS) is 13.5. The third kappa shape index (κ3) is 8.62. The molecule has 3 nitrogen and oxygen atoms in total. The largest absolute Gasteiger partial charge is 0.454 e. The Hall–Kier alpha value is -8.66. The first-order valence-corrected chi connectivity index (χ1v) is 29.3. The van der Waals surface area contributed by atoms with Crippen molar-refractivity contribution in [2.45, 2.75) is 110 Å². The van der Waals surface area contributed by atoms with Crippen LogP contribution in [0.5, 0.6) is 0 Å². The van der Waals surface area contributed by atoms with Crippen LogP contribution in [0.1, 0.15) is 128 Å². The van der Waals surface area contributed by atoms with Crippen LogP contribution in [-0.4, -0.2) is 0 Å². The number of anilines is 6. The number of hydrogen-bond acceptors (Lipinski definition) is 3. The SMILES string of the molecule is CC(C)(C)c1ccc(N(c2ccc(C(C)(C)C)cc2)c2ccc3c4c(c5ccccc5c3c2)-c2c(cc(N(c3ccc(C(C)(C)C)cc3)c3ccc(C(C)(C)C)cc3)c3oc5ccccc5c23)C4(c2ccccc2)c2ccccc2)cc1. The van der Waals surface area contributed by atoms with E-state index in [9.17, 15) is 0 Å². The minimum atomic E-state index is -0.804. The minimum Gasteiger partial charge on any atom is -0.454 e. The average Bonchev–Trinajstić information content (AvgIpc) is 4.09. The van der Waals surface area contributed by atoms with Gasteiger partial charge in [-0.2, -0.15) is 0 Å². The summed E-state index contributed by atoms with van der Waals surface area (Å²) < 4.78 is 7.41. The second-order valence-electron chi connectivity index (χ2n) is 27.0. The Bertz CT molecular complexity index is 4210. The molecular weight excluding hydrogens is 993 g/mol. The van der Waals surface area contributed by atoms with E-state index in [0.29, 0.717) is 0 Å². The third-order valence-corrected chi connectivity index (χ3v) is 17.5. The average molecular weight is 1070 g/mol. The van der Waals surface area contributed by atoms with Crippen molar-refractivity contribution < 1.29 is 4.42 Å². The predicted molar refractivity (Wildman–Crippen MR) is 350 cm³/mol. The molecule has 13 rings (SSSR count). The Labute approximate surface area is 485 Å².